The summed E-state index contributed by atoms with van der Waals surface area (Å²) < 4.78 is 5.17. The van der Waals surface area contributed by atoms with Gasteiger partial charge in [-0.25, -0.2) is 4.79 Å². The van der Waals surface area contributed by atoms with Crippen molar-refractivity contribution in [2.75, 3.05) is 31.2 Å². The number of anilines is 1. The van der Waals surface area contributed by atoms with E-state index >= 15 is 0 Å². The molecule has 2 atom stereocenters. The van der Waals surface area contributed by atoms with Crippen molar-refractivity contribution in [3.05, 3.63) is 29.8 Å². The van der Waals surface area contributed by atoms with Gasteiger partial charge < -0.3 is 25.0 Å². The number of aliphatic hydroxyl groups excluding tert-OH is 3. The number of esters is 1. The number of nitrogens with zero attached hydrogens (tertiary/aromatic N) is 1. The SMILES string of the molecule is CCCCOC(=O)c1ccc(N(CCCO)CC(O)C(C)O)cc1. The average Bonchev–Trinajstić information content (AvgIpc) is 2.58. The summed E-state index contributed by atoms with van der Waals surface area (Å²) in [5, 5.41) is 28.4. The lowest BCUT2D eigenvalue weighted by molar-refractivity contribution is 0.0360. The van der Waals surface area contributed by atoms with E-state index in [1.165, 1.54) is 6.92 Å². The van der Waals surface area contributed by atoms with Gasteiger partial charge in [-0.1, -0.05) is 13.3 Å². The maximum atomic E-state index is 11.9. The van der Waals surface area contributed by atoms with Gasteiger partial charge >= 0.3 is 5.97 Å². The largest absolute Gasteiger partial charge is 0.462 e. The lowest BCUT2D eigenvalue weighted by atomic mass is 10.1. The molecule has 3 N–H and O–H groups in total. The molecule has 0 aliphatic heterocycles. The van der Waals surface area contributed by atoms with Crippen molar-refractivity contribution in [2.24, 2.45) is 0 Å². The van der Waals surface area contributed by atoms with Gasteiger partial charge in [-0.3, -0.25) is 0 Å². The highest BCUT2D eigenvalue weighted by atomic mass is 16.5. The van der Waals surface area contributed by atoms with Crippen molar-refractivity contribution in [1.82, 2.24) is 0 Å². The summed E-state index contributed by atoms with van der Waals surface area (Å²) in [6.45, 7) is 4.82. The molecule has 0 aliphatic rings. The second-order valence-corrected chi connectivity index (χ2v) is 5.87. The number of carbonyl (C=O) groups is 1. The number of unbranched alkanes of at least 4 members (excludes halogenated alkanes) is 1. The Bertz CT molecular complexity index is 475. The van der Waals surface area contributed by atoms with Gasteiger partial charge in [-0.05, 0) is 44.0 Å². The Morgan fingerprint density at radius 1 is 1.21 bits per heavy atom. The molecule has 136 valence electrons. The third-order valence-corrected chi connectivity index (χ3v) is 3.75. The molecule has 1 rings (SSSR count). The van der Waals surface area contributed by atoms with E-state index in [2.05, 4.69) is 0 Å². The molecule has 6 heteroatoms. The van der Waals surface area contributed by atoms with Crippen LogP contribution in [0.15, 0.2) is 24.3 Å². The van der Waals surface area contributed by atoms with Crippen molar-refractivity contribution in [3.63, 3.8) is 0 Å². The fraction of sp³-hybridized carbons (Fsp3) is 0.611. The topological polar surface area (TPSA) is 90.2 Å². The van der Waals surface area contributed by atoms with Gasteiger partial charge in [0.05, 0.1) is 24.4 Å². The van der Waals surface area contributed by atoms with Crippen LogP contribution in [0, 0.1) is 0 Å². The summed E-state index contributed by atoms with van der Waals surface area (Å²) in [4.78, 5) is 13.8. The number of ether oxygens (including phenoxy) is 1. The molecule has 24 heavy (non-hydrogen) atoms. The molecule has 1 aromatic carbocycles. The minimum absolute atomic E-state index is 0.0448. The zero-order valence-corrected chi connectivity index (χ0v) is 14.5. The monoisotopic (exact) mass is 339 g/mol. The van der Waals surface area contributed by atoms with Crippen LogP contribution in [0.5, 0.6) is 0 Å². The summed E-state index contributed by atoms with van der Waals surface area (Å²) in [6.07, 6.45) is 0.637. The van der Waals surface area contributed by atoms with E-state index in [0.717, 1.165) is 18.5 Å². The molecule has 0 fully saturated rings. The van der Waals surface area contributed by atoms with Crippen LogP contribution in [-0.2, 0) is 4.74 Å². The zero-order chi connectivity index (χ0) is 17.9. The third-order valence-electron chi connectivity index (χ3n) is 3.75. The highest BCUT2D eigenvalue weighted by Crippen LogP contribution is 2.17. The van der Waals surface area contributed by atoms with Gasteiger partial charge in [0.1, 0.15) is 0 Å². The van der Waals surface area contributed by atoms with E-state index in [-0.39, 0.29) is 19.1 Å². The first kappa shape index (κ1) is 20.4. The lowest BCUT2D eigenvalue weighted by Crippen LogP contribution is -2.39. The highest BCUT2D eigenvalue weighted by molar-refractivity contribution is 5.89. The molecule has 0 heterocycles. The Morgan fingerprint density at radius 2 is 1.88 bits per heavy atom. The van der Waals surface area contributed by atoms with Crippen LogP contribution >= 0.6 is 0 Å². The Balaban J connectivity index is 2.74. The Hall–Kier alpha value is -1.63. The molecular weight excluding hydrogens is 310 g/mol. The van der Waals surface area contributed by atoms with E-state index in [1.54, 1.807) is 24.3 Å². The Kier molecular flexibility index (Phi) is 9.37. The molecular formula is C18H29NO5. The lowest BCUT2D eigenvalue weighted by Gasteiger charge is -2.28. The van der Waals surface area contributed by atoms with Crippen molar-refractivity contribution >= 4 is 11.7 Å². The van der Waals surface area contributed by atoms with Crippen LogP contribution in [0.2, 0.25) is 0 Å². The van der Waals surface area contributed by atoms with Gasteiger partial charge in [-0.2, -0.15) is 0 Å². The first-order valence-electron chi connectivity index (χ1n) is 8.48. The van der Waals surface area contributed by atoms with Crippen molar-refractivity contribution in [2.45, 2.75) is 45.3 Å². The molecule has 2 unspecified atom stereocenters. The van der Waals surface area contributed by atoms with Crippen LogP contribution in [0.4, 0.5) is 5.69 Å². The fourth-order valence-corrected chi connectivity index (χ4v) is 2.17. The van der Waals surface area contributed by atoms with Gasteiger partial charge in [0.15, 0.2) is 0 Å². The number of benzene rings is 1. The molecule has 6 nitrogen and oxygen atoms in total. The van der Waals surface area contributed by atoms with Crippen LogP contribution in [0.25, 0.3) is 0 Å². The third kappa shape index (κ3) is 6.86. The predicted molar refractivity (Wildman–Crippen MR) is 93.2 cm³/mol. The number of hydrogen-bond acceptors (Lipinski definition) is 6. The predicted octanol–water partition coefficient (Wildman–Crippen LogP) is 1.57. The first-order valence-corrected chi connectivity index (χ1v) is 8.48. The van der Waals surface area contributed by atoms with Crippen molar-refractivity contribution in [1.29, 1.82) is 0 Å². The molecule has 0 bridgehead atoms. The Labute approximate surface area is 143 Å². The number of aliphatic hydroxyl groups is 3. The van der Waals surface area contributed by atoms with Gasteiger partial charge in [0, 0.05) is 25.4 Å². The average molecular weight is 339 g/mol. The Morgan fingerprint density at radius 3 is 2.42 bits per heavy atom. The van der Waals surface area contributed by atoms with E-state index in [4.69, 9.17) is 9.84 Å². The molecule has 0 spiro atoms. The van der Waals surface area contributed by atoms with E-state index < -0.39 is 12.2 Å². The van der Waals surface area contributed by atoms with Crippen LogP contribution in [0.1, 0.15) is 43.5 Å². The maximum Gasteiger partial charge on any atom is 0.338 e. The van der Waals surface area contributed by atoms with Crippen LogP contribution in [0.3, 0.4) is 0 Å². The molecule has 0 saturated heterocycles. The smallest absolute Gasteiger partial charge is 0.338 e. The van der Waals surface area contributed by atoms with Crippen molar-refractivity contribution in [3.8, 4) is 0 Å². The maximum absolute atomic E-state index is 11.9. The minimum Gasteiger partial charge on any atom is -0.462 e. The standard InChI is InChI=1S/C18H29NO5/c1-3-4-12-24-18(23)15-6-8-16(9-7-15)19(10-5-11-20)13-17(22)14(2)21/h6-9,14,17,20-22H,3-5,10-13H2,1-2H3. The highest BCUT2D eigenvalue weighted by Gasteiger charge is 2.17. The second-order valence-electron chi connectivity index (χ2n) is 5.87. The number of carbonyl (C=O) groups excluding carboxylic acids is 1. The second kappa shape index (κ2) is 11.0. The quantitative estimate of drug-likeness (QED) is 0.419. The van der Waals surface area contributed by atoms with Crippen LogP contribution in [-0.4, -0.2) is 59.8 Å². The van der Waals surface area contributed by atoms with E-state index in [9.17, 15) is 15.0 Å². The van der Waals surface area contributed by atoms with E-state index in [0.29, 0.717) is 25.1 Å². The number of hydrogen-bond donors (Lipinski definition) is 3. The molecule has 0 radical (unpaired) electrons. The summed E-state index contributed by atoms with van der Waals surface area (Å²) >= 11 is 0. The molecule has 0 aliphatic carbocycles. The molecule has 1 aromatic rings. The summed E-state index contributed by atoms with van der Waals surface area (Å²) in [7, 11) is 0. The minimum atomic E-state index is -0.887. The van der Waals surface area contributed by atoms with E-state index in [1.807, 2.05) is 11.8 Å². The summed E-state index contributed by atoms with van der Waals surface area (Å²) in [6, 6.07) is 6.93. The zero-order valence-electron chi connectivity index (χ0n) is 14.5. The molecule has 0 amide bonds. The normalized spacial score (nSPS) is 13.4. The molecule has 0 aromatic heterocycles. The summed E-state index contributed by atoms with van der Waals surface area (Å²) in [5.41, 5.74) is 1.29. The van der Waals surface area contributed by atoms with Crippen LogP contribution < -0.4 is 4.90 Å². The van der Waals surface area contributed by atoms with Gasteiger partial charge in [0.25, 0.3) is 0 Å². The van der Waals surface area contributed by atoms with Gasteiger partial charge in [0.2, 0.25) is 0 Å². The number of rotatable bonds is 11. The first-order chi connectivity index (χ1) is 11.5. The van der Waals surface area contributed by atoms with Crippen molar-refractivity contribution < 1.29 is 24.9 Å². The fourth-order valence-electron chi connectivity index (χ4n) is 2.17. The summed E-state index contributed by atoms with van der Waals surface area (Å²) in [5.74, 6) is -0.346. The van der Waals surface area contributed by atoms with Gasteiger partial charge in [-0.15, -0.1) is 0 Å². The molecule has 0 saturated carbocycles.